The molecule has 6 heteroatoms. The molecule has 1 heterocycles. The van der Waals surface area contributed by atoms with Crippen LogP contribution in [0, 0.1) is 6.92 Å². The summed E-state index contributed by atoms with van der Waals surface area (Å²) in [5, 5.41) is 4.10. The average molecular weight is 435 g/mol. The number of para-hydroxylation sites is 2. The van der Waals surface area contributed by atoms with Crippen LogP contribution in [-0.2, 0) is 7.05 Å². The molecule has 0 atom stereocenters. The Hall–Kier alpha value is -3.18. The molecule has 0 spiro atoms. The van der Waals surface area contributed by atoms with Gasteiger partial charge in [0.1, 0.15) is 5.75 Å². The van der Waals surface area contributed by atoms with Crippen molar-refractivity contribution in [2.24, 2.45) is 7.05 Å². The van der Waals surface area contributed by atoms with Gasteiger partial charge in [0.05, 0.1) is 29.5 Å². The summed E-state index contributed by atoms with van der Waals surface area (Å²) in [6.07, 6.45) is 0. The molecule has 0 unspecified atom stereocenters. The number of aryl methyl sites for hydroxylation is 2. The molecule has 0 aliphatic rings. The number of ether oxygens (including phenoxy) is 1. The van der Waals surface area contributed by atoms with Gasteiger partial charge < -0.3 is 19.5 Å². The van der Waals surface area contributed by atoms with Crippen LogP contribution < -0.4 is 15.0 Å². The van der Waals surface area contributed by atoms with E-state index in [1.165, 1.54) is 0 Å². The molecule has 0 aliphatic carbocycles. The Bertz CT molecular complexity index is 1220. The number of methoxy groups -OCH3 is 1. The van der Waals surface area contributed by atoms with E-state index in [4.69, 9.17) is 21.3 Å². The van der Waals surface area contributed by atoms with E-state index in [0.29, 0.717) is 10.8 Å². The molecule has 160 valence electrons. The number of hydrogen-bond acceptors (Lipinski definition) is 4. The topological polar surface area (TPSA) is 42.3 Å². The molecule has 0 bridgehead atoms. The van der Waals surface area contributed by atoms with Crippen LogP contribution in [0.1, 0.15) is 19.4 Å². The fourth-order valence-electron chi connectivity index (χ4n) is 4.00. The molecule has 4 rings (SSSR count). The van der Waals surface area contributed by atoms with Crippen LogP contribution in [0.4, 0.5) is 23.0 Å². The Kier molecular flexibility index (Phi) is 5.79. The van der Waals surface area contributed by atoms with Gasteiger partial charge in [-0.05, 0) is 56.7 Å². The maximum Gasteiger partial charge on any atom is 0.208 e. The molecule has 31 heavy (non-hydrogen) atoms. The minimum atomic E-state index is 0.276. The molecule has 5 nitrogen and oxygen atoms in total. The highest BCUT2D eigenvalue weighted by Gasteiger charge is 2.20. The molecule has 1 N–H and O–H groups in total. The van der Waals surface area contributed by atoms with Crippen molar-refractivity contribution >= 4 is 45.6 Å². The van der Waals surface area contributed by atoms with Crippen molar-refractivity contribution in [2.75, 3.05) is 17.3 Å². The second-order valence-electron chi connectivity index (χ2n) is 7.86. The fourth-order valence-corrected chi connectivity index (χ4v) is 4.27. The lowest BCUT2D eigenvalue weighted by Crippen LogP contribution is -2.25. The van der Waals surface area contributed by atoms with Gasteiger partial charge in [0.15, 0.2) is 0 Å². The molecular weight excluding hydrogens is 408 g/mol. The van der Waals surface area contributed by atoms with Gasteiger partial charge in [-0.15, -0.1) is 0 Å². The van der Waals surface area contributed by atoms with E-state index in [1.807, 2.05) is 32.2 Å². The third-order valence-electron chi connectivity index (χ3n) is 5.40. The summed E-state index contributed by atoms with van der Waals surface area (Å²) >= 11 is 6.21. The van der Waals surface area contributed by atoms with Crippen LogP contribution >= 0.6 is 11.6 Å². The minimum Gasteiger partial charge on any atom is -0.495 e. The first kappa shape index (κ1) is 21.1. The number of nitrogens with one attached hydrogen (secondary N) is 1. The lowest BCUT2D eigenvalue weighted by atomic mass is 10.1. The summed E-state index contributed by atoms with van der Waals surface area (Å²) in [4.78, 5) is 7.21. The van der Waals surface area contributed by atoms with Gasteiger partial charge in [0.25, 0.3) is 0 Å². The zero-order valence-electron chi connectivity index (χ0n) is 18.5. The number of hydrogen-bond donors (Lipinski definition) is 1. The average Bonchev–Trinajstić information content (AvgIpc) is 3.06. The number of aromatic nitrogens is 2. The normalized spacial score (nSPS) is 11.2. The molecule has 0 amide bonds. The van der Waals surface area contributed by atoms with Gasteiger partial charge in [-0.3, -0.25) is 0 Å². The maximum atomic E-state index is 6.21. The van der Waals surface area contributed by atoms with Crippen molar-refractivity contribution in [1.82, 2.24) is 9.55 Å². The number of halogens is 1. The molecule has 0 radical (unpaired) electrons. The van der Waals surface area contributed by atoms with Gasteiger partial charge in [-0.1, -0.05) is 35.9 Å². The lowest BCUT2D eigenvalue weighted by Gasteiger charge is -2.30. The van der Waals surface area contributed by atoms with Gasteiger partial charge >= 0.3 is 0 Å². The van der Waals surface area contributed by atoms with Crippen LogP contribution in [-0.4, -0.2) is 22.7 Å². The first-order valence-corrected chi connectivity index (χ1v) is 10.7. The monoisotopic (exact) mass is 434 g/mol. The number of nitrogens with zero attached hydrogens (tertiary/aromatic N) is 3. The van der Waals surface area contributed by atoms with Crippen LogP contribution in [0.2, 0.25) is 5.02 Å². The van der Waals surface area contributed by atoms with E-state index in [2.05, 4.69) is 65.0 Å². The van der Waals surface area contributed by atoms with Gasteiger partial charge in [0, 0.05) is 29.9 Å². The van der Waals surface area contributed by atoms with Gasteiger partial charge in [0.2, 0.25) is 5.95 Å². The van der Waals surface area contributed by atoms with E-state index in [1.54, 1.807) is 13.2 Å². The molecule has 1 aromatic heterocycles. The van der Waals surface area contributed by atoms with E-state index >= 15 is 0 Å². The van der Waals surface area contributed by atoms with E-state index in [9.17, 15) is 0 Å². The van der Waals surface area contributed by atoms with E-state index in [0.717, 1.165) is 39.6 Å². The first-order chi connectivity index (χ1) is 14.9. The SMILES string of the molecule is COc1cc(Cl)cc(C)c1Nc1nc2cccc(N(c3ccccc3)C(C)C)c2n1C. The second-order valence-corrected chi connectivity index (χ2v) is 8.30. The van der Waals surface area contributed by atoms with Crippen molar-refractivity contribution in [3.05, 3.63) is 71.2 Å². The first-order valence-electron chi connectivity index (χ1n) is 10.3. The van der Waals surface area contributed by atoms with Crippen molar-refractivity contribution in [3.63, 3.8) is 0 Å². The highest BCUT2D eigenvalue weighted by molar-refractivity contribution is 6.31. The largest absolute Gasteiger partial charge is 0.495 e. The van der Waals surface area contributed by atoms with Crippen molar-refractivity contribution in [1.29, 1.82) is 0 Å². The number of rotatable bonds is 6. The van der Waals surface area contributed by atoms with Crippen LogP contribution in [0.5, 0.6) is 5.75 Å². The molecule has 4 aromatic rings. The Morgan fingerprint density at radius 1 is 1.06 bits per heavy atom. The molecular formula is C25H27ClN4O. The summed E-state index contributed by atoms with van der Waals surface area (Å²) < 4.78 is 7.65. The van der Waals surface area contributed by atoms with E-state index in [-0.39, 0.29) is 6.04 Å². The zero-order chi connectivity index (χ0) is 22.1. The summed E-state index contributed by atoms with van der Waals surface area (Å²) in [7, 11) is 3.67. The predicted molar refractivity (Wildman–Crippen MR) is 130 cm³/mol. The maximum absolute atomic E-state index is 6.21. The summed E-state index contributed by atoms with van der Waals surface area (Å²) in [5.74, 6) is 1.42. The van der Waals surface area contributed by atoms with Crippen molar-refractivity contribution in [2.45, 2.75) is 26.8 Å². The standard InChI is InChI=1S/C25H27ClN4O/c1-16(2)30(19-10-7-6-8-11-19)21-13-9-12-20-24(21)29(4)25(27-20)28-23-17(3)14-18(26)15-22(23)31-5/h6-16H,1-5H3,(H,27,28). The van der Waals surface area contributed by atoms with Crippen molar-refractivity contribution in [3.8, 4) is 5.75 Å². The Balaban J connectivity index is 1.85. The van der Waals surface area contributed by atoms with Crippen LogP contribution in [0.3, 0.4) is 0 Å². The Labute approximate surface area is 188 Å². The minimum absolute atomic E-state index is 0.276. The number of fused-ring (bicyclic) bond motifs is 1. The van der Waals surface area contributed by atoms with Gasteiger partial charge in [-0.2, -0.15) is 0 Å². The lowest BCUT2D eigenvalue weighted by molar-refractivity contribution is 0.416. The molecule has 0 saturated heterocycles. The summed E-state index contributed by atoms with van der Waals surface area (Å²) in [6, 6.07) is 20.7. The molecule has 3 aromatic carbocycles. The van der Waals surface area contributed by atoms with Gasteiger partial charge in [-0.25, -0.2) is 4.98 Å². The quantitative estimate of drug-likeness (QED) is 0.361. The highest BCUT2D eigenvalue weighted by Crippen LogP contribution is 2.38. The van der Waals surface area contributed by atoms with Crippen molar-refractivity contribution < 1.29 is 4.74 Å². The fraction of sp³-hybridized carbons (Fsp3) is 0.240. The smallest absolute Gasteiger partial charge is 0.208 e. The highest BCUT2D eigenvalue weighted by atomic mass is 35.5. The Morgan fingerprint density at radius 3 is 2.48 bits per heavy atom. The summed E-state index contributed by atoms with van der Waals surface area (Å²) in [5.41, 5.74) is 6.10. The Morgan fingerprint density at radius 2 is 1.81 bits per heavy atom. The summed E-state index contributed by atoms with van der Waals surface area (Å²) in [6.45, 7) is 6.40. The van der Waals surface area contributed by atoms with Crippen LogP contribution in [0.15, 0.2) is 60.7 Å². The second kappa shape index (κ2) is 8.52. The molecule has 0 saturated carbocycles. The van der Waals surface area contributed by atoms with E-state index < -0.39 is 0 Å². The zero-order valence-corrected chi connectivity index (χ0v) is 19.2. The number of anilines is 4. The third-order valence-corrected chi connectivity index (χ3v) is 5.62. The molecule has 0 fully saturated rings. The van der Waals surface area contributed by atoms with Crippen LogP contribution in [0.25, 0.3) is 11.0 Å². The molecule has 0 aliphatic heterocycles. The third kappa shape index (κ3) is 3.93. The number of benzene rings is 3. The number of imidazole rings is 1. The predicted octanol–water partition coefficient (Wildman–Crippen LogP) is 6.83.